The van der Waals surface area contributed by atoms with Gasteiger partial charge in [0.2, 0.25) is 5.91 Å². The van der Waals surface area contributed by atoms with Gasteiger partial charge in [0.1, 0.15) is 5.54 Å². The summed E-state index contributed by atoms with van der Waals surface area (Å²) in [4.78, 5) is 39.3. The Bertz CT molecular complexity index is 461. The molecule has 21 heavy (non-hydrogen) atoms. The summed E-state index contributed by atoms with van der Waals surface area (Å²) < 4.78 is 0. The lowest BCUT2D eigenvalue weighted by Crippen LogP contribution is -2.50. The van der Waals surface area contributed by atoms with Crippen molar-refractivity contribution in [2.24, 2.45) is 0 Å². The van der Waals surface area contributed by atoms with E-state index in [4.69, 9.17) is 0 Å². The molecule has 3 aliphatic heterocycles. The highest BCUT2D eigenvalue weighted by atomic mass is 16.2. The molecule has 8 heteroatoms. The molecule has 0 aromatic heterocycles. The van der Waals surface area contributed by atoms with Crippen molar-refractivity contribution in [3.63, 3.8) is 0 Å². The monoisotopic (exact) mass is 295 g/mol. The topological polar surface area (TPSA) is 93.8 Å². The number of hydrogen-bond acceptors (Lipinski definition) is 5. The maximum absolute atomic E-state index is 12.4. The van der Waals surface area contributed by atoms with E-state index in [9.17, 15) is 14.4 Å². The minimum atomic E-state index is -0.910. The minimum Gasteiger partial charge on any atom is -0.339 e. The molecular formula is C13H21N5O3. The summed E-state index contributed by atoms with van der Waals surface area (Å²) in [7, 11) is 0. The van der Waals surface area contributed by atoms with Crippen molar-refractivity contribution >= 4 is 17.8 Å². The van der Waals surface area contributed by atoms with Crippen LogP contribution in [0.5, 0.6) is 0 Å². The number of nitrogens with zero attached hydrogens (tertiary/aromatic N) is 2. The van der Waals surface area contributed by atoms with Gasteiger partial charge in [0.25, 0.3) is 5.91 Å². The Balaban J connectivity index is 1.57. The van der Waals surface area contributed by atoms with Gasteiger partial charge in [-0.25, -0.2) is 4.79 Å². The quantitative estimate of drug-likeness (QED) is 0.517. The van der Waals surface area contributed by atoms with Gasteiger partial charge in [0.05, 0.1) is 13.1 Å². The maximum atomic E-state index is 12.4. The molecular weight excluding hydrogens is 274 g/mol. The highest BCUT2D eigenvalue weighted by Gasteiger charge is 2.51. The van der Waals surface area contributed by atoms with Crippen molar-refractivity contribution in [3.8, 4) is 0 Å². The molecule has 8 nitrogen and oxygen atoms in total. The van der Waals surface area contributed by atoms with Crippen LogP contribution in [0.25, 0.3) is 0 Å². The second-order valence-corrected chi connectivity index (χ2v) is 5.94. The first-order chi connectivity index (χ1) is 10.1. The van der Waals surface area contributed by atoms with Gasteiger partial charge in [0, 0.05) is 19.6 Å². The molecule has 0 aliphatic carbocycles. The van der Waals surface area contributed by atoms with Crippen LogP contribution in [0.3, 0.4) is 0 Å². The summed E-state index contributed by atoms with van der Waals surface area (Å²) >= 11 is 0. The zero-order valence-electron chi connectivity index (χ0n) is 12.0. The predicted molar refractivity (Wildman–Crippen MR) is 74.5 cm³/mol. The zero-order valence-corrected chi connectivity index (χ0v) is 12.0. The molecule has 3 saturated heterocycles. The summed E-state index contributed by atoms with van der Waals surface area (Å²) in [5.74, 6) is -0.288. The Labute approximate surface area is 123 Å². The molecule has 0 saturated carbocycles. The number of rotatable bonds is 2. The highest BCUT2D eigenvalue weighted by Crippen LogP contribution is 2.24. The van der Waals surface area contributed by atoms with Gasteiger partial charge >= 0.3 is 6.03 Å². The zero-order chi connectivity index (χ0) is 14.9. The SMILES string of the molecule is O=C1NC(=O)C2(CCN(C(=O)CN3CCCNCC3)C2)N1. The number of urea groups is 1. The van der Waals surface area contributed by atoms with Crippen LogP contribution in [0, 0.1) is 0 Å². The number of amides is 4. The van der Waals surface area contributed by atoms with Crippen molar-refractivity contribution in [3.05, 3.63) is 0 Å². The summed E-state index contributed by atoms with van der Waals surface area (Å²) in [6.45, 7) is 4.83. The van der Waals surface area contributed by atoms with Crippen LogP contribution in [0.15, 0.2) is 0 Å². The van der Waals surface area contributed by atoms with Crippen molar-refractivity contribution in [2.45, 2.75) is 18.4 Å². The molecule has 4 amide bonds. The van der Waals surface area contributed by atoms with Crippen LogP contribution in [-0.4, -0.2) is 79.0 Å². The molecule has 3 rings (SSSR count). The maximum Gasteiger partial charge on any atom is 0.322 e. The molecule has 3 fully saturated rings. The predicted octanol–water partition coefficient (Wildman–Crippen LogP) is -1.91. The first-order valence-corrected chi connectivity index (χ1v) is 7.43. The number of imide groups is 1. The fourth-order valence-corrected chi connectivity index (χ4v) is 3.19. The summed E-state index contributed by atoms with van der Waals surface area (Å²) in [5.41, 5.74) is -0.910. The fraction of sp³-hybridized carbons (Fsp3) is 0.769. The summed E-state index contributed by atoms with van der Waals surface area (Å²) in [6.07, 6.45) is 1.52. The lowest BCUT2D eigenvalue weighted by Gasteiger charge is -2.24. The molecule has 1 unspecified atom stereocenters. The third kappa shape index (κ3) is 2.86. The van der Waals surface area contributed by atoms with Gasteiger partial charge in [-0.15, -0.1) is 0 Å². The number of carbonyl (C=O) groups excluding carboxylic acids is 3. The fourth-order valence-electron chi connectivity index (χ4n) is 3.19. The first-order valence-electron chi connectivity index (χ1n) is 7.43. The van der Waals surface area contributed by atoms with E-state index < -0.39 is 11.6 Å². The van der Waals surface area contributed by atoms with E-state index in [1.807, 2.05) is 0 Å². The van der Waals surface area contributed by atoms with Gasteiger partial charge < -0.3 is 15.5 Å². The Morgan fingerprint density at radius 2 is 2.05 bits per heavy atom. The van der Waals surface area contributed by atoms with E-state index in [1.54, 1.807) is 4.90 Å². The van der Waals surface area contributed by atoms with Gasteiger partial charge in [-0.1, -0.05) is 0 Å². The van der Waals surface area contributed by atoms with Crippen molar-refractivity contribution in [1.82, 2.24) is 25.8 Å². The lowest BCUT2D eigenvalue weighted by atomic mass is 10.00. The van der Waals surface area contributed by atoms with Crippen molar-refractivity contribution in [2.75, 3.05) is 45.8 Å². The van der Waals surface area contributed by atoms with Gasteiger partial charge in [-0.3, -0.25) is 19.8 Å². The minimum absolute atomic E-state index is 0.0303. The van der Waals surface area contributed by atoms with E-state index in [0.29, 0.717) is 19.5 Å². The van der Waals surface area contributed by atoms with Gasteiger partial charge in [-0.2, -0.15) is 0 Å². The van der Waals surface area contributed by atoms with E-state index >= 15 is 0 Å². The van der Waals surface area contributed by atoms with Crippen LogP contribution in [0.4, 0.5) is 4.79 Å². The Hall–Kier alpha value is -1.67. The van der Waals surface area contributed by atoms with E-state index in [2.05, 4.69) is 20.9 Å². The molecule has 0 aromatic carbocycles. The first kappa shape index (κ1) is 14.3. The van der Waals surface area contributed by atoms with Gasteiger partial charge in [0.15, 0.2) is 0 Å². The van der Waals surface area contributed by atoms with Crippen molar-refractivity contribution < 1.29 is 14.4 Å². The average Bonchev–Trinajstić information content (AvgIpc) is 2.86. The molecule has 3 heterocycles. The summed E-state index contributed by atoms with van der Waals surface area (Å²) in [5, 5.41) is 8.22. The number of nitrogens with one attached hydrogen (secondary N) is 3. The summed E-state index contributed by atoms with van der Waals surface area (Å²) in [6, 6.07) is -0.465. The lowest BCUT2D eigenvalue weighted by molar-refractivity contribution is -0.132. The second kappa shape index (κ2) is 5.61. The van der Waals surface area contributed by atoms with Gasteiger partial charge in [-0.05, 0) is 25.9 Å². The Morgan fingerprint density at radius 3 is 2.81 bits per heavy atom. The smallest absolute Gasteiger partial charge is 0.322 e. The normalized spacial score (nSPS) is 30.4. The Morgan fingerprint density at radius 1 is 1.19 bits per heavy atom. The van der Waals surface area contributed by atoms with E-state index in [0.717, 1.165) is 32.6 Å². The standard InChI is InChI=1S/C13H21N5O3/c19-10(8-17-5-1-3-14-4-7-17)18-6-2-13(9-18)11(20)15-12(21)16-13/h14H,1-9H2,(H2,15,16,20,21). The average molecular weight is 295 g/mol. The second-order valence-electron chi connectivity index (χ2n) is 5.94. The molecule has 0 aromatic rings. The van der Waals surface area contributed by atoms with Crippen LogP contribution >= 0.6 is 0 Å². The van der Waals surface area contributed by atoms with Crippen molar-refractivity contribution in [1.29, 1.82) is 0 Å². The largest absolute Gasteiger partial charge is 0.339 e. The third-order valence-electron chi connectivity index (χ3n) is 4.43. The van der Waals surface area contributed by atoms with E-state index in [-0.39, 0.29) is 18.4 Å². The molecule has 1 spiro atoms. The number of likely N-dealkylation sites (tertiary alicyclic amines) is 1. The molecule has 1 atom stereocenters. The molecule has 3 aliphatic rings. The number of hydrogen-bond donors (Lipinski definition) is 3. The Kier molecular flexibility index (Phi) is 3.81. The van der Waals surface area contributed by atoms with E-state index in [1.165, 1.54) is 0 Å². The van der Waals surface area contributed by atoms with Crippen LogP contribution < -0.4 is 16.0 Å². The molecule has 3 N–H and O–H groups in total. The molecule has 0 bridgehead atoms. The van der Waals surface area contributed by atoms with Crippen LogP contribution in [0.2, 0.25) is 0 Å². The third-order valence-corrected chi connectivity index (χ3v) is 4.43. The van der Waals surface area contributed by atoms with Crippen LogP contribution in [-0.2, 0) is 9.59 Å². The van der Waals surface area contributed by atoms with Crippen LogP contribution in [0.1, 0.15) is 12.8 Å². The molecule has 116 valence electrons. The highest BCUT2D eigenvalue weighted by molar-refractivity contribution is 6.07. The molecule has 0 radical (unpaired) electrons. The number of carbonyl (C=O) groups is 3.